The highest BCUT2D eigenvalue weighted by Crippen LogP contribution is 2.33. The number of methoxy groups -OCH3 is 1. The highest BCUT2D eigenvalue weighted by Gasteiger charge is 2.22. The molecule has 20 heavy (non-hydrogen) atoms. The van der Waals surface area contributed by atoms with E-state index in [1.54, 1.807) is 7.11 Å². The van der Waals surface area contributed by atoms with Crippen molar-refractivity contribution < 1.29 is 14.6 Å². The summed E-state index contributed by atoms with van der Waals surface area (Å²) in [5.74, 6) is 0.104. The molecule has 2 heterocycles. The Balaban J connectivity index is 2.06. The van der Waals surface area contributed by atoms with Crippen molar-refractivity contribution in [2.24, 2.45) is 0 Å². The van der Waals surface area contributed by atoms with Crippen LogP contribution in [0.2, 0.25) is 0 Å². The maximum Gasteiger partial charge on any atom is 0.317 e. The second-order valence-electron chi connectivity index (χ2n) is 5.24. The van der Waals surface area contributed by atoms with E-state index in [0.29, 0.717) is 6.54 Å². The number of carboxylic acid groups (broad SMARTS) is 1. The molecule has 0 spiro atoms. The van der Waals surface area contributed by atoms with Crippen molar-refractivity contribution >= 4 is 16.9 Å². The molecule has 1 aromatic heterocycles. The molecule has 0 fully saturated rings. The van der Waals surface area contributed by atoms with Gasteiger partial charge in [-0.15, -0.1) is 0 Å². The van der Waals surface area contributed by atoms with Crippen molar-refractivity contribution in [3.05, 3.63) is 29.5 Å². The lowest BCUT2D eigenvalue weighted by Crippen LogP contribution is -2.36. The second kappa shape index (κ2) is 4.83. The second-order valence-corrected chi connectivity index (χ2v) is 5.24. The molecule has 106 valence electrons. The number of carbonyl (C=O) groups is 1. The number of rotatable bonds is 3. The van der Waals surface area contributed by atoms with Gasteiger partial charge in [0.05, 0.1) is 19.2 Å². The number of carboxylic acids is 1. The summed E-state index contributed by atoms with van der Waals surface area (Å²) in [4.78, 5) is 12.8. The third-order valence-electron chi connectivity index (χ3n) is 3.93. The van der Waals surface area contributed by atoms with E-state index in [2.05, 4.69) is 23.6 Å². The van der Waals surface area contributed by atoms with Crippen LogP contribution in [0.25, 0.3) is 10.9 Å². The van der Waals surface area contributed by atoms with Crippen molar-refractivity contribution in [1.29, 1.82) is 0 Å². The molecule has 0 saturated carbocycles. The van der Waals surface area contributed by atoms with Gasteiger partial charge in [-0.25, -0.2) is 0 Å². The van der Waals surface area contributed by atoms with Gasteiger partial charge >= 0.3 is 5.97 Å². The molecule has 3 rings (SSSR count). The summed E-state index contributed by atoms with van der Waals surface area (Å²) < 4.78 is 7.72. The van der Waals surface area contributed by atoms with Crippen LogP contribution in [0, 0.1) is 6.92 Å². The third kappa shape index (κ3) is 2.04. The zero-order valence-corrected chi connectivity index (χ0v) is 11.7. The molecular weight excluding hydrogens is 256 g/mol. The summed E-state index contributed by atoms with van der Waals surface area (Å²) in [5.41, 5.74) is 3.49. The van der Waals surface area contributed by atoms with Crippen molar-refractivity contribution in [3.63, 3.8) is 0 Å². The van der Waals surface area contributed by atoms with Crippen molar-refractivity contribution in [3.8, 4) is 5.75 Å². The SMILES string of the molecule is COc1ccc(C)c2cc3n(c12)CCN(CC(=O)O)C3. The van der Waals surface area contributed by atoms with Crippen LogP contribution in [0.4, 0.5) is 0 Å². The number of nitrogens with zero attached hydrogens (tertiary/aromatic N) is 2. The monoisotopic (exact) mass is 274 g/mol. The zero-order chi connectivity index (χ0) is 14.3. The Bertz CT molecular complexity index is 675. The number of aromatic nitrogens is 1. The first-order valence-corrected chi connectivity index (χ1v) is 6.70. The molecule has 5 heteroatoms. The number of aliphatic carboxylic acids is 1. The highest BCUT2D eigenvalue weighted by atomic mass is 16.5. The fraction of sp³-hybridized carbons (Fsp3) is 0.400. The van der Waals surface area contributed by atoms with Gasteiger partial charge in [0.15, 0.2) is 0 Å². The number of fused-ring (bicyclic) bond motifs is 3. The molecule has 2 aromatic rings. The van der Waals surface area contributed by atoms with Crippen molar-refractivity contribution in [2.75, 3.05) is 20.2 Å². The fourth-order valence-electron chi connectivity index (χ4n) is 2.96. The average Bonchev–Trinajstić information content (AvgIpc) is 2.78. The van der Waals surface area contributed by atoms with Crippen LogP contribution in [-0.4, -0.2) is 40.7 Å². The Labute approximate surface area is 117 Å². The first kappa shape index (κ1) is 13.0. The highest BCUT2D eigenvalue weighted by molar-refractivity contribution is 5.90. The summed E-state index contributed by atoms with van der Waals surface area (Å²) in [6.07, 6.45) is 0. The Morgan fingerprint density at radius 3 is 2.90 bits per heavy atom. The molecule has 1 aliphatic rings. The Morgan fingerprint density at radius 1 is 1.40 bits per heavy atom. The van der Waals surface area contributed by atoms with E-state index in [9.17, 15) is 4.79 Å². The third-order valence-corrected chi connectivity index (χ3v) is 3.93. The molecule has 0 unspecified atom stereocenters. The topological polar surface area (TPSA) is 54.7 Å². The maximum absolute atomic E-state index is 10.8. The Morgan fingerprint density at radius 2 is 2.20 bits per heavy atom. The average molecular weight is 274 g/mol. The van der Waals surface area contributed by atoms with Crippen LogP contribution in [0.5, 0.6) is 5.75 Å². The van der Waals surface area contributed by atoms with Crippen LogP contribution < -0.4 is 4.74 Å². The lowest BCUT2D eigenvalue weighted by Gasteiger charge is -2.27. The molecule has 5 nitrogen and oxygen atoms in total. The summed E-state index contributed by atoms with van der Waals surface area (Å²) in [7, 11) is 1.68. The normalized spacial score (nSPS) is 15.3. The van der Waals surface area contributed by atoms with Gasteiger partial charge in [-0.1, -0.05) is 6.07 Å². The predicted octanol–water partition coefficient (Wildman–Crippen LogP) is 1.86. The minimum atomic E-state index is -0.775. The van der Waals surface area contributed by atoms with Crippen molar-refractivity contribution in [2.45, 2.75) is 20.0 Å². The van der Waals surface area contributed by atoms with Gasteiger partial charge in [0.1, 0.15) is 5.75 Å². The minimum Gasteiger partial charge on any atom is -0.495 e. The summed E-state index contributed by atoms with van der Waals surface area (Å²) >= 11 is 0. The van der Waals surface area contributed by atoms with Gasteiger partial charge in [-0.05, 0) is 24.6 Å². The Kier molecular flexibility index (Phi) is 3.14. The summed E-state index contributed by atoms with van der Waals surface area (Å²) in [6, 6.07) is 6.21. The van der Waals surface area contributed by atoms with Crippen LogP contribution in [0.1, 0.15) is 11.3 Å². The number of aryl methyl sites for hydroxylation is 1. The van der Waals surface area contributed by atoms with Gasteiger partial charge in [0, 0.05) is 30.7 Å². The predicted molar refractivity (Wildman–Crippen MR) is 76.1 cm³/mol. The van der Waals surface area contributed by atoms with E-state index in [4.69, 9.17) is 9.84 Å². The van der Waals surface area contributed by atoms with Crippen LogP contribution in [0.3, 0.4) is 0 Å². The molecular formula is C15H18N2O3. The molecule has 0 saturated heterocycles. The summed E-state index contributed by atoms with van der Waals surface area (Å²) in [5, 5.41) is 10.1. The molecule has 1 N–H and O–H groups in total. The standard InChI is InChI=1S/C15H18N2O3/c1-10-3-4-13(20-2)15-12(10)7-11-8-16(9-14(18)19)5-6-17(11)15/h3-4,7H,5-6,8-9H2,1-2H3,(H,18,19). The maximum atomic E-state index is 10.8. The number of benzene rings is 1. The smallest absolute Gasteiger partial charge is 0.317 e. The van der Waals surface area contributed by atoms with Gasteiger partial charge in [0.25, 0.3) is 0 Å². The lowest BCUT2D eigenvalue weighted by atomic mass is 10.1. The van der Waals surface area contributed by atoms with Crippen LogP contribution >= 0.6 is 0 Å². The van der Waals surface area contributed by atoms with E-state index < -0.39 is 5.97 Å². The van der Waals surface area contributed by atoms with Gasteiger partial charge in [0.2, 0.25) is 0 Å². The molecule has 1 aromatic carbocycles. The molecule has 0 aliphatic carbocycles. The van der Waals surface area contributed by atoms with E-state index in [1.807, 2.05) is 11.0 Å². The molecule has 0 radical (unpaired) electrons. The van der Waals surface area contributed by atoms with Gasteiger partial charge in [-0.2, -0.15) is 0 Å². The Hall–Kier alpha value is -2.01. The molecule has 0 bridgehead atoms. The molecule has 1 aliphatic heterocycles. The quantitative estimate of drug-likeness (QED) is 0.928. The lowest BCUT2D eigenvalue weighted by molar-refractivity contribution is -0.138. The first-order valence-electron chi connectivity index (χ1n) is 6.70. The van der Waals surface area contributed by atoms with Crippen LogP contribution in [0.15, 0.2) is 18.2 Å². The largest absolute Gasteiger partial charge is 0.495 e. The first-order chi connectivity index (χ1) is 9.60. The fourth-order valence-corrected chi connectivity index (χ4v) is 2.96. The number of hydrogen-bond acceptors (Lipinski definition) is 3. The van der Waals surface area contributed by atoms with Gasteiger partial charge < -0.3 is 14.4 Å². The number of ether oxygens (including phenoxy) is 1. The van der Waals surface area contributed by atoms with E-state index >= 15 is 0 Å². The molecule has 0 atom stereocenters. The molecule has 0 amide bonds. The summed E-state index contributed by atoms with van der Waals surface area (Å²) in [6.45, 7) is 4.40. The minimum absolute atomic E-state index is 0.0949. The van der Waals surface area contributed by atoms with Gasteiger partial charge in [-0.3, -0.25) is 9.69 Å². The van der Waals surface area contributed by atoms with Crippen LogP contribution in [-0.2, 0) is 17.9 Å². The van der Waals surface area contributed by atoms with E-state index in [0.717, 1.165) is 30.0 Å². The number of hydrogen-bond donors (Lipinski definition) is 1. The van der Waals surface area contributed by atoms with E-state index in [-0.39, 0.29) is 6.54 Å². The van der Waals surface area contributed by atoms with E-state index in [1.165, 1.54) is 10.9 Å². The zero-order valence-electron chi connectivity index (χ0n) is 11.7. The van der Waals surface area contributed by atoms with Crippen molar-refractivity contribution in [1.82, 2.24) is 9.47 Å².